The van der Waals surface area contributed by atoms with E-state index >= 15 is 0 Å². The van der Waals surface area contributed by atoms with Crippen LogP contribution in [0.5, 0.6) is 0 Å². The van der Waals surface area contributed by atoms with E-state index in [4.69, 9.17) is 0 Å². The van der Waals surface area contributed by atoms with Crippen LogP contribution in [0.15, 0.2) is 18.5 Å². The molecule has 1 amide bonds. The highest BCUT2D eigenvalue weighted by Gasteiger charge is 2.53. The van der Waals surface area contributed by atoms with Gasteiger partial charge in [-0.15, -0.1) is 0 Å². The molecule has 1 aromatic rings. The third-order valence-corrected chi connectivity index (χ3v) is 6.97. The van der Waals surface area contributed by atoms with Gasteiger partial charge in [-0.3, -0.25) is 9.78 Å². The lowest BCUT2D eigenvalue weighted by atomic mass is 10.00. The fraction of sp³-hybridized carbons (Fsp3) is 0.600. The average molecular weight is 323 g/mol. The number of nitrogens with zero attached hydrogens (tertiary/aromatic N) is 3. The largest absolute Gasteiger partial charge is 0.337 e. The number of aromatic nitrogens is 1. The Bertz CT molecular complexity index is 702. The maximum Gasteiger partial charge on any atom is 0.255 e. The van der Waals surface area contributed by atoms with E-state index in [0.717, 1.165) is 5.56 Å². The number of rotatable bonds is 2. The van der Waals surface area contributed by atoms with Crippen LogP contribution in [0.1, 0.15) is 15.9 Å². The van der Waals surface area contributed by atoms with Crippen LogP contribution in [0.4, 0.5) is 0 Å². The molecule has 7 heteroatoms. The van der Waals surface area contributed by atoms with Gasteiger partial charge in [-0.1, -0.05) is 0 Å². The Balaban J connectivity index is 1.84. The molecule has 3 heterocycles. The van der Waals surface area contributed by atoms with Gasteiger partial charge in [0.2, 0.25) is 0 Å². The Hall–Kier alpha value is -1.47. The van der Waals surface area contributed by atoms with Gasteiger partial charge in [-0.05, 0) is 32.6 Å². The van der Waals surface area contributed by atoms with E-state index in [2.05, 4.69) is 4.98 Å². The van der Waals surface area contributed by atoms with E-state index < -0.39 is 15.1 Å². The van der Waals surface area contributed by atoms with Crippen molar-refractivity contribution in [2.75, 3.05) is 32.9 Å². The molecular formula is C15H21N3O3S. The molecule has 0 spiro atoms. The molecule has 6 nitrogen and oxygen atoms in total. The van der Waals surface area contributed by atoms with E-state index in [-0.39, 0.29) is 23.6 Å². The maximum absolute atomic E-state index is 12.6. The summed E-state index contributed by atoms with van der Waals surface area (Å²) in [5.41, 5.74) is 1.45. The van der Waals surface area contributed by atoms with Crippen LogP contribution in [-0.2, 0) is 9.84 Å². The van der Waals surface area contributed by atoms with Crippen molar-refractivity contribution in [2.45, 2.75) is 18.2 Å². The molecule has 0 unspecified atom stereocenters. The summed E-state index contributed by atoms with van der Waals surface area (Å²) < 4.78 is 24.7. The SMILES string of the molecule is Cc1cncc(C(=O)N2C[C@H]3[C@H](N(C)C)CS(=O)(=O)[C@H]3C2)c1. The third-order valence-electron chi connectivity index (χ3n) is 4.74. The molecule has 2 saturated heterocycles. The Morgan fingerprint density at radius 3 is 2.68 bits per heavy atom. The predicted octanol–water partition coefficient (Wildman–Crippen LogP) is 0.189. The summed E-state index contributed by atoms with van der Waals surface area (Å²) in [5.74, 6) is 0.0728. The number of sulfone groups is 1. The number of amides is 1. The quantitative estimate of drug-likeness (QED) is 0.777. The molecule has 2 aliphatic heterocycles. The van der Waals surface area contributed by atoms with E-state index in [1.165, 1.54) is 0 Å². The van der Waals surface area contributed by atoms with Crippen LogP contribution < -0.4 is 0 Å². The number of carbonyl (C=O) groups is 1. The summed E-state index contributed by atoms with van der Waals surface area (Å²) in [5, 5.41) is -0.429. The third kappa shape index (κ3) is 2.52. The van der Waals surface area contributed by atoms with Crippen LogP contribution in [-0.4, -0.2) is 73.3 Å². The second-order valence-corrected chi connectivity index (χ2v) is 8.79. The lowest BCUT2D eigenvalue weighted by molar-refractivity contribution is 0.0779. The molecule has 0 bridgehead atoms. The number of hydrogen-bond donors (Lipinski definition) is 0. The van der Waals surface area contributed by atoms with Crippen molar-refractivity contribution in [3.05, 3.63) is 29.6 Å². The molecule has 0 radical (unpaired) electrons. The van der Waals surface area contributed by atoms with Crippen LogP contribution in [0.25, 0.3) is 0 Å². The number of carbonyl (C=O) groups excluding carboxylic acids is 1. The normalized spacial score (nSPS) is 29.8. The van der Waals surface area contributed by atoms with Gasteiger partial charge in [0.15, 0.2) is 9.84 Å². The fourth-order valence-electron chi connectivity index (χ4n) is 3.59. The second kappa shape index (κ2) is 5.31. The first kappa shape index (κ1) is 15.4. The molecule has 22 heavy (non-hydrogen) atoms. The monoisotopic (exact) mass is 323 g/mol. The van der Waals surface area contributed by atoms with Crippen molar-refractivity contribution in [3.63, 3.8) is 0 Å². The van der Waals surface area contributed by atoms with Crippen molar-refractivity contribution in [2.24, 2.45) is 5.92 Å². The van der Waals surface area contributed by atoms with Crippen LogP contribution >= 0.6 is 0 Å². The molecule has 120 valence electrons. The summed E-state index contributed by atoms with van der Waals surface area (Å²) in [7, 11) is 0.675. The molecule has 0 aliphatic carbocycles. The maximum atomic E-state index is 12.6. The smallest absolute Gasteiger partial charge is 0.255 e. The second-order valence-electron chi connectivity index (χ2n) is 6.52. The predicted molar refractivity (Wildman–Crippen MR) is 83.4 cm³/mol. The van der Waals surface area contributed by atoms with Gasteiger partial charge in [0.1, 0.15) is 0 Å². The first-order chi connectivity index (χ1) is 10.3. The Kier molecular flexibility index (Phi) is 3.72. The molecular weight excluding hydrogens is 302 g/mol. The Morgan fingerprint density at radius 2 is 2.05 bits per heavy atom. The molecule has 3 atom stereocenters. The topological polar surface area (TPSA) is 70.6 Å². The number of likely N-dealkylation sites (tertiary alicyclic amines) is 1. The van der Waals surface area contributed by atoms with Gasteiger partial charge in [0.25, 0.3) is 5.91 Å². The summed E-state index contributed by atoms with van der Waals surface area (Å²) in [6.45, 7) is 2.68. The fourth-order valence-corrected chi connectivity index (χ4v) is 6.06. The molecule has 3 rings (SSSR count). The van der Waals surface area contributed by atoms with E-state index in [9.17, 15) is 13.2 Å². The summed E-state index contributed by atoms with van der Waals surface area (Å²) in [4.78, 5) is 20.3. The number of hydrogen-bond acceptors (Lipinski definition) is 5. The number of pyridine rings is 1. The zero-order valence-electron chi connectivity index (χ0n) is 13.1. The van der Waals surface area contributed by atoms with E-state index in [1.54, 1.807) is 23.4 Å². The molecule has 2 fully saturated rings. The highest BCUT2D eigenvalue weighted by molar-refractivity contribution is 7.92. The van der Waals surface area contributed by atoms with Crippen molar-refractivity contribution < 1.29 is 13.2 Å². The van der Waals surface area contributed by atoms with Gasteiger partial charge < -0.3 is 9.80 Å². The molecule has 0 saturated carbocycles. The van der Waals surface area contributed by atoms with Crippen molar-refractivity contribution in [3.8, 4) is 0 Å². The standard InChI is InChI=1S/C15H21N3O3S/c1-10-4-11(6-16-5-10)15(19)18-7-12-13(17(2)3)9-22(20,21)14(12)8-18/h4-6,12-14H,7-9H2,1-3H3/t12-,13+,14-/m0/s1. The minimum absolute atomic E-state index is 0.00159. The van der Waals surface area contributed by atoms with Crippen LogP contribution in [0, 0.1) is 12.8 Å². The molecule has 0 aromatic carbocycles. The summed E-state index contributed by atoms with van der Waals surface area (Å²) in [6, 6.07) is 1.78. The van der Waals surface area contributed by atoms with Gasteiger partial charge in [0.05, 0.1) is 16.6 Å². The van der Waals surface area contributed by atoms with Crippen molar-refractivity contribution >= 4 is 15.7 Å². The lowest BCUT2D eigenvalue weighted by Gasteiger charge is -2.25. The average Bonchev–Trinajstić information content (AvgIpc) is 2.98. The number of aryl methyl sites for hydroxylation is 1. The van der Waals surface area contributed by atoms with Gasteiger partial charge >= 0.3 is 0 Å². The van der Waals surface area contributed by atoms with Crippen LogP contribution in [0.2, 0.25) is 0 Å². The van der Waals surface area contributed by atoms with E-state index in [1.807, 2.05) is 25.9 Å². The summed E-state index contributed by atoms with van der Waals surface area (Å²) in [6.07, 6.45) is 3.24. The number of fused-ring (bicyclic) bond motifs is 1. The first-order valence-electron chi connectivity index (χ1n) is 7.38. The van der Waals surface area contributed by atoms with Gasteiger partial charge in [-0.2, -0.15) is 0 Å². The molecule has 2 aliphatic rings. The first-order valence-corrected chi connectivity index (χ1v) is 9.10. The van der Waals surface area contributed by atoms with Crippen molar-refractivity contribution in [1.82, 2.24) is 14.8 Å². The summed E-state index contributed by atoms with van der Waals surface area (Å²) >= 11 is 0. The highest BCUT2D eigenvalue weighted by Crippen LogP contribution is 2.36. The van der Waals surface area contributed by atoms with Crippen molar-refractivity contribution in [1.29, 1.82) is 0 Å². The molecule has 1 aromatic heterocycles. The highest BCUT2D eigenvalue weighted by atomic mass is 32.2. The zero-order chi connectivity index (χ0) is 16.1. The van der Waals surface area contributed by atoms with Gasteiger partial charge in [0, 0.05) is 37.4 Å². The van der Waals surface area contributed by atoms with E-state index in [0.29, 0.717) is 18.7 Å². The molecule has 0 N–H and O–H groups in total. The minimum atomic E-state index is -3.13. The van der Waals surface area contributed by atoms with Crippen LogP contribution in [0.3, 0.4) is 0 Å². The minimum Gasteiger partial charge on any atom is -0.337 e. The van der Waals surface area contributed by atoms with Gasteiger partial charge in [-0.25, -0.2) is 8.42 Å². The Labute approximate surface area is 131 Å². The zero-order valence-corrected chi connectivity index (χ0v) is 13.9. The Morgan fingerprint density at radius 1 is 1.32 bits per heavy atom. The lowest BCUT2D eigenvalue weighted by Crippen LogP contribution is -2.38.